The Labute approximate surface area is 149 Å². The Kier molecular flexibility index (Phi) is 3.66. The van der Waals surface area contributed by atoms with Gasteiger partial charge in [0.2, 0.25) is 0 Å². The number of hydrogen-bond acceptors (Lipinski definition) is 7. The van der Waals surface area contributed by atoms with Crippen molar-refractivity contribution in [3.05, 3.63) is 48.7 Å². The highest BCUT2D eigenvalue weighted by Crippen LogP contribution is 2.36. The third kappa shape index (κ3) is 2.68. The lowest BCUT2D eigenvalue weighted by molar-refractivity contribution is 0.602. The number of rotatable bonds is 3. The molecule has 130 valence electrons. The molecular weight excluding hydrogens is 352 g/mol. The molecule has 0 aliphatic heterocycles. The van der Waals surface area contributed by atoms with Crippen LogP contribution >= 0.6 is 0 Å². The number of aromatic nitrogens is 5. The van der Waals surface area contributed by atoms with Crippen molar-refractivity contribution in [3.8, 4) is 22.5 Å². The van der Waals surface area contributed by atoms with Crippen molar-refractivity contribution in [2.24, 2.45) is 0 Å². The van der Waals surface area contributed by atoms with Crippen molar-refractivity contribution in [2.45, 2.75) is 4.90 Å². The molecule has 0 aliphatic rings. The number of H-pyrrole nitrogens is 1. The van der Waals surface area contributed by atoms with E-state index in [2.05, 4.69) is 25.6 Å². The minimum absolute atomic E-state index is 0.146. The van der Waals surface area contributed by atoms with E-state index in [1.165, 1.54) is 6.07 Å². The van der Waals surface area contributed by atoms with Gasteiger partial charge in [0.1, 0.15) is 0 Å². The first-order chi connectivity index (χ1) is 12.4. The molecule has 8 nitrogen and oxygen atoms in total. The topological polar surface area (TPSA) is 128 Å². The molecule has 3 N–H and O–H groups in total. The summed E-state index contributed by atoms with van der Waals surface area (Å²) in [6, 6.07) is 12.4. The molecule has 4 rings (SSSR count). The number of pyridine rings is 1. The molecule has 26 heavy (non-hydrogen) atoms. The summed E-state index contributed by atoms with van der Waals surface area (Å²) in [6.07, 6.45) is 2.80. The summed E-state index contributed by atoms with van der Waals surface area (Å²) in [5.41, 5.74) is 9.30. The van der Waals surface area contributed by atoms with E-state index in [1.54, 1.807) is 18.3 Å². The maximum Gasteiger partial charge on any atom is 0.181 e. The molecule has 0 spiro atoms. The molecule has 0 unspecified atom stereocenters. The molecule has 0 radical (unpaired) electrons. The van der Waals surface area contributed by atoms with Crippen LogP contribution in [0, 0.1) is 0 Å². The molecular formula is C17H14N6O2S. The molecule has 0 saturated heterocycles. The number of sulfone groups is 1. The van der Waals surface area contributed by atoms with Gasteiger partial charge in [-0.25, -0.2) is 13.5 Å². The Hall–Kier alpha value is -3.33. The fraction of sp³-hybridized carbons (Fsp3) is 0.0588. The van der Waals surface area contributed by atoms with Gasteiger partial charge in [-0.05, 0) is 45.8 Å². The predicted octanol–water partition coefficient (Wildman–Crippen LogP) is 2.07. The zero-order chi connectivity index (χ0) is 18.3. The molecule has 9 heteroatoms. The van der Waals surface area contributed by atoms with Gasteiger partial charge >= 0.3 is 0 Å². The van der Waals surface area contributed by atoms with Crippen LogP contribution in [0.5, 0.6) is 0 Å². The number of nitrogens with two attached hydrogens (primary N) is 1. The SMILES string of the molecule is CS(=O)(=O)c1cccc(-c2ccc3nccc(N)c3c2)c1-c1nnn[nH]1. The lowest BCUT2D eigenvalue weighted by atomic mass is 9.97. The van der Waals surface area contributed by atoms with Gasteiger partial charge in [0.05, 0.1) is 10.4 Å². The van der Waals surface area contributed by atoms with Crippen molar-refractivity contribution in [3.63, 3.8) is 0 Å². The number of nitrogens with zero attached hydrogens (tertiary/aromatic N) is 4. The van der Waals surface area contributed by atoms with Crippen molar-refractivity contribution < 1.29 is 8.42 Å². The number of hydrogen-bond donors (Lipinski definition) is 2. The van der Waals surface area contributed by atoms with Crippen molar-refractivity contribution >= 4 is 26.4 Å². The first-order valence-electron chi connectivity index (χ1n) is 7.67. The molecule has 2 aromatic heterocycles. The van der Waals surface area contributed by atoms with Gasteiger partial charge in [-0.15, -0.1) is 5.10 Å². The van der Waals surface area contributed by atoms with Gasteiger partial charge in [0.25, 0.3) is 0 Å². The van der Waals surface area contributed by atoms with Gasteiger partial charge in [0, 0.05) is 29.1 Å². The van der Waals surface area contributed by atoms with E-state index in [9.17, 15) is 8.42 Å². The van der Waals surface area contributed by atoms with Crippen LogP contribution < -0.4 is 5.73 Å². The minimum atomic E-state index is -3.49. The fourth-order valence-electron chi connectivity index (χ4n) is 2.93. The molecule has 4 aromatic rings. The van der Waals surface area contributed by atoms with Gasteiger partial charge in [-0.1, -0.05) is 18.2 Å². The van der Waals surface area contributed by atoms with E-state index in [0.29, 0.717) is 16.8 Å². The van der Waals surface area contributed by atoms with E-state index < -0.39 is 9.84 Å². The van der Waals surface area contributed by atoms with Crippen LogP contribution in [0.25, 0.3) is 33.4 Å². The minimum Gasteiger partial charge on any atom is -0.398 e. The van der Waals surface area contributed by atoms with E-state index in [1.807, 2.05) is 24.3 Å². The number of aromatic amines is 1. The average Bonchev–Trinajstić information content (AvgIpc) is 3.15. The number of tetrazole rings is 1. The maximum absolute atomic E-state index is 12.3. The lowest BCUT2D eigenvalue weighted by Gasteiger charge is -2.12. The molecule has 0 amide bonds. The molecule has 2 heterocycles. The van der Waals surface area contributed by atoms with Crippen molar-refractivity contribution in [2.75, 3.05) is 12.0 Å². The van der Waals surface area contributed by atoms with Crippen LogP contribution in [0.2, 0.25) is 0 Å². The van der Waals surface area contributed by atoms with Crippen LogP contribution in [0.4, 0.5) is 5.69 Å². The lowest BCUT2D eigenvalue weighted by Crippen LogP contribution is -2.02. The third-order valence-electron chi connectivity index (χ3n) is 4.09. The third-order valence-corrected chi connectivity index (χ3v) is 5.23. The number of benzene rings is 2. The number of anilines is 1. The summed E-state index contributed by atoms with van der Waals surface area (Å²) in [4.78, 5) is 4.44. The van der Waals surface area contributed by atoms with Gasteiger partial charge in [-0.2, -0.15) is 0 Å². The van der Waals surface area contributed by atoms with E-state index in [-0.39, 0.29) is 10.7 Å². The quantitative estimate of drug-likeness (QED) is 0.568. The molecule has 0 saturated carbocycles. The normalized spacial score (nSPS) is 11.7. The van der Waals surface area contributed by atoms with Crippen molar-refractivity contribution in [1.82, 2.24) is 25.6 Å². The first-order valence-corrected chi connectivity index (χ1v) is 9.56. The molecule has 0 fully saturated rings. The standard InChI is InChI=1S/C17H14N6O2S/c1-26(24,25)15-4-2-3-11(16(15)17-20-22-23-21-17)10-5-6-14-12(9-10)13(18)7-8-19-14/h2-9H,1H3,(H2,18,19)(H,20,21,22,23). The van der Waals surface area contributed by atoms with Gasteiger partial charge in [-0.3, -0.25) is 4.98 Å². The Bertz CT molecular complexity index is 1220. The second-order valence-corrected chi connectivity index (χ2v) is 7.82. The first kappa shape index (κ1) is 16.2. The van der Waals surface area contributed by atoms with Crippen LogP contribution in [-0.2, 0) is 9.84 Å². The van der Waals surface area contributed by atoms with Crippen LogP contribution in [0.3, 0.4) is 0 Å². The van der Waals surface area contributed by atoms with E-state index in [4.69, 9.17) is 5.73 Å². The molecule has 0 atom stereocenters. The fourth-order valence-corrected chi connectivity index (χ4v) is 3.83. The molecule has 2 aromatic carbocycles. The number of nitrogen functional groups attached to an aromatic ring is 1. The number of fused-ring (bicyclic) bond motifs is 1. The highest BCUT2D eigenvalue weighted by Gasteiger charge is 2.21. The summed E-state index contributed by atoms with van der Waals surface area (Å²) < 4.78 is 24.6. The highest BCUT2D eigenvalue weighted by atomic mass is 32.2. The Balaban J connectivity index is 2.05. The van der Waals surface area contributed by atoms with Gasteiger partial charge in [0.15, 0.2) is 15.7 Å². The summed E-state index contributed by atoms with van der Waals surface area (Å²) in [5.74, 6) is 0.278. The van der Waals surface area contributed by atoms with E-state index in [0.717, 1.165) is 22.7 Å². The zero-order valence-corrected chi connectivity index (χ0v) is 14.5. The molecule has 0 bridgehead atoms. The van der Waals surface area contributed by atoms with Crippen LogP contribution in [0.15, 0.2) is 53.6 Å². The highest BCUT2D eigenvalue weighted by molar-refractivity contribution is 7.90. The monoisotopic (exact) mass is 366 g/mol. The Morgan fingerprint density at radius 1 is 1.12 bits per heavy atom. The average molecular weight is 366 g/mol. The Morgan fingerprint density at radius 2 is 1.96 bits per heavy atom. The van der Waals surface area contributed by atoms with Crippen LogP contribution in [0.1, 0.15) is 0 Å². The summed E-state index contributed by atoms with van der Waals surface area (Å²) in [7, 11) is -3.49. The Morgan fingerprint density at radius 3 is 2.69 bits per heavy atom. The number of nitrogens with one attached hydrogen (secondary N) is 1. The smallest absolute Gasteiger partial charge is 0.181 e. The summed E-state index contributed by atoms with van der Waals surface area (Å²) in [5, 5.41) is 14.5. The maximum atomic E-state index is 12.3. The largest absolute Gasteiger partial charge is 0.398 e. The summed E-state index contributed by atoms with van der Waals surface area (Å²) >= 11 is 0. The van der Waals surface area contributed by atoms with Crippen molar-refractivity contribution in [1.29, 1.82) is 0 Å². The van der Waals surface area contributed by atoms with E-state index >= 15 is 0 Å². The molecule has 0 aliphatic carbocycles. The zero-order valence-electron chi connectivity index (χ0n) is 13.7. The van der Waals surface area contributed by atoms with Crippen LogP contribution in [-0.4, -0.2) is 40.3 Å². The van der Waals surface area contributed by atoms with Gasteiger partial charge < -0.3 is 5.73 Å². The second kappa shape index (κ2) is 5.88. The predicted molar refractivity (Wildman–Crippen MR) is 97.9 cm³/mol. The summed E-state index contributed by atoms with van der Waals surface area (Å²) in [6.45, 7) is 0. The second-order valence-electron chi connectivity index (χ2n) is 5.83.